The number of benzene rings is 1. The molecule has 0 spiro atoms. The van der Waals surface area contributed by atoms with Gasteiger partial charge in [-0.25, -0.2) is 4.79 Å². The molecule has 0 aliphatic carbocycles. The monoisotopic (exact) mass is 290 g/mol. The Labute approximate surface area is 122 Å². The van der Waals surface area contributed by atoms with Crippen molar-refractivity contribution in [2.24, 2.45) is 5.41 Å². The summed E-state index contributed by atoms with van der Waals surface area (Å²) in [6.45, 7) is 3.73. The summed E-state index contributed by atoms with van der Waals surface area (Å²) in [4.78, 5) is 35.9. The Morgan fingerprint density at radius 2 is 1.86 bits per heavy atom. The van der Waals surface area contributed by atoms with Gasteiger partial charge in [-0.15, -0.1) is 0 Å². The van der Waals surface area contributed by atoms with Gasteiger partial charge < -0.3 is 15.3 Å². The van der Waals surface area contributed by atoms with Crippen LogP contribution in [0.5, 0.6) is 0 Å². The van der Waals surface area contributed by atoms with E-state index in [1.165, 1.54) is 11.8 Å². The van der Waals surface area contributed by atoms with Crippen molar-refractivity contribution >= 4 is 23.5 Å². The van der Waals surface area contributed by atoms with Gasteiger partial charge in [0.25, 0.3) is 0 Å². The Hall–Kier alpha value is -2.37. The number of rotatable bonds is 3. The van der Waals surface area contributed by atoms with Gasteiger partial charge in [0.2, 0.25) is 0 Å². The van der Waals surface area contributed by atoms with E-state index in [4.69, 9.17) is 5.11 Å². The number of hydrogen-bond donors (Lipinski definition) is 2. The van der Waals surface area contributed by atoms with E-state index >= 15 is 0 Å². The Bertz CT molecular complexity index is 582. The highest BCUT2D eigenvalue weighted by Crippen LogP contribution is 2.30. The van der Waals surface area contributed by atoms with Crippen molar-refractivity contribution in [3.05, 3.63) is 29.8 Å². The normalized spacial score (nSPS) is 21.1. The molecule has 0 saturated carbocycles. The van der Waals surface area contributed by atoms with Crippen molar-refractivity contribution in [1.29, 1.82) is 0 Å². The number of carbonyl (C=O) groups is 3. The van der Waals surface area contributed by atoms with Crippen molar-refractivity contribution in [2.75, 3.05) is 18.4 Å². The third-order valence-corrected chi connectivity index (χ3v) is 3.82. The highest BCUT2D eigenvalue weighted by atomic mass is 16.4. The summed E-state index contributed by atoms with van der Waals surface area (Å²) in [7, 11) is 0. The van der Waals surface area contributed by atoms with Crippen LogP contribution in [0, 0.1) is 5.41 Å². The molecule has 1 unspecified atom stereocenters. The van der Waals surface area contributed by atoms with Crippen molar-refractivity contribution in [3.63, 3.8) is 0 Å². The van der Waals surface area contributed by atoms with Crippen LogP contribution in [0.4, 0.5) is 10.5 Å². The molecule has 1 aliphatic heterocycles. The van der Waals surface area contributed by atoms with E-state index in [-0.39, 0.29) is 18.4 Å². The van der Waals surface area contributed by atoms with Gasteiger partial charge in [0.1, 0.15) is 0 Å². The molecule has 1 aliphatic rings. The predicted molar refractivity (Wildman–Crippen MR) is 77.4 cm³/mol. The Kier molecular flexibility index (Phi) is 3.97. The lowest BCUT2D eigenvalue weighted by molar-refractivity contribution is -0.146. The largest absolute Gasteiger partial charge is 0.481 e. The third kappa shape index (κ3) is 3.21. The lowest BCUT2D eigenvalue weighted by Crippen LogP contribution is -2.37. The maximum atomic E-state index is 12.1. The molecule has 1 heterocycles. The van der Waals surface area contributed by atoms with Crippen LogP contribution in [-0.4, -0.2) is 40.9 Å². The molecular formula is C15H18N2O4. The van der Waals surface area contributed by atoms with Crippen LogP contribution in [-0.2, 0) is 4.79 Å². The predicted octanol–water partition coefficient (Wildman–Crippen LogP) is 2.22. The molecule has 1 fully saturated rings. The van der Waals surface area contributed by atoms with Crippen molar-refractivity contribution < 1.29 is 19.5 Å². The number of carboxylic acids is 1. The zero-order chi connectivity index (χ0) is 15.6. The van der Waals surface area contributed by atoms with E-state index in [1.807, 2.05) is 0 Å². The fourth-order valence-electron chi connectivity index (χ4n) is 2.30. The fraction of sp³-hybridized carbons (Fsp3) is 0.400. The van der Waals surface area contributed by atoms with Crippen LogP contribution in [0.1, 0.15) is 30.6 Å². The number of amides is 2. The van der Waals surface area contributed by atoms with E-state index in [1.54, 1.807) is 31.2 Å². The first-order valence-electron chi connectivity index (χ1n) is 6.72. The maximum absolute atomic E-state index is 12.1. The molecule has 1 atom stereocenters. The van der Waals surface area contributed by atoms with Gasteiger partial charge in [0.05, 0.1) is 5.41 Å². The first-order chi connectivity index (χ1) is 9.82. The molecule has 1 aromatic rings. The lowest BCUT2D eigenvalue weighted by Gasteiger charge is -2.20. The second-order valence-electron chi connectivity index (χ2n) is 5.60. The quantitative estimate of drug-likeness (QED) is 0.836. The van der Waals surface area contributed by atoms with Gasteiger partial charge in [-0.3, -0.25) is 9.59 Å². The smallest absolute Gasteiger partial charge is 0.321 e. The van der Waals surface area contributed by atoms with Gasteiger partial charge in [-0.1, -0.05) is 0 Å². The summed E-state index contributed by atoms with van der Waals surface area (Å²) in [6.07, 6.45) is 0.443. The van der Waals surface area contributed by atoms with Gasteiger partial charge >= 0.3 is 12.0 Å². The molecule has 2 N–H and O–H groups in total. The number of aliphatic carboxylic acids is 1. The van der Waals surface area contributed by atoms with E-state index in [0.29, 0.717) is 24.2 Å². The fourth-order valence-corrected chi connectivity index (χ4v) is 2.30. The van der Waals surface area contributed by atoms with E-state index in [0.717, 1.165) is 0 Å². The average Bonchev–Trinajstić information content (AvgIpc) is 2.83. The maximum Gasteiger partial charge on any atom is 0.321 e. The van der Waals surface area contributed by atoms with E-state index in [9.17, 15) is 14.4 Å². The molecule has 2 amide bonds. The highest BCUT2D eigenvalue weighted by Gasteiger charge is 2.42. The van der Waals surface area contributed by atoms with Gasteiger partial charge in [0.15, 0.2) is 5.78 Å². The first kappa shape index (κ1) is 15.0. The molecule has 0 aromatic heterocycles. The number of anilines is 1. The van der Waals surface area contributed by atoms with Crippen molar-refractivity contribution in [2.45, 2.75) is 20.3 Å². The molecule has 2 rings (SSSR count). The number of ketones is 1. The topological polar surface area (TPSA) is 86.7 Å². The van der Waals surface area contributed by atoms with Crippen LogP contribution < -0.4 is 5.32 Å². The molecule has 6 nitrogen and oxygen atoms in total. The highest BCUT2D eigenvalue weighted by molar-refractivity contribution is 5.95. The lowest BCUT2D eigenvalue weighted by atomic mass is 9.90. The summed E-state index contributed by atoms with van der Waals surface area (Å²) < 4.78 is 0. The van der Waals surface area contributed by atoms with E-state index < -0.39 is 11.4 Å². The molecule has 0 radical (unpaired) electrons. The molecule has 1 aromatic carbocycles. The first-order valence-corrected chi connectivity index (χ1v) is 6.72. The molecular weight excluding hydrogens is 272 g/mol. The minimum absolute atomic E-state index is 0.0374. The summed E-state index contributed by atoms with van der Waals surface area (Å²) in [5.74, 6) is -0.923. The van der Waals surface area contributed by atoms with Crippen molar-refractivity contribution in [1.82, 2.24) is 4.90 Å². The van der Waals surface area contributed by atoms with Crippen LogP contribution in [0.15, 0.2) is 24.3 Å². The number of nitrogens with one attached hydrogen (secondary N) is 1. The summed E-state index contributed by atoms with van der Waals surface area (Å²) in [5, 5.41) is 11.9. The molecule has 1 saturated heterocycles. The number of nitrogens with zero attached hydrogens (tertiary/aromatic N) is 1. The van der Waals surface area contributed by atoms with Crippen LogP contribution in [0.2, 0.25) is 0 Å². The van der Waals surface area contributed by atoms with Gasteiger partial charge in [-0.2, -0.15) is 0 Å². The summed E-state index contributed by atoms with van der Waals surface area (Å²) >= 11 is 0. The standard InChI is InChI=1S/C15H18N2O4/c1-10(18)11-3-5-12(6-4-11)16-14(21)17-8-7-15(2,9-17)13(19)20/h3-6H,7-9H2,1-2H3,(H,16,21)(H,19,20). The second kappa shape index (κ2) is 5.55. The zero-order valence-corrected chi connectivity index (χ0v) is 12.0. The van der Waals surface area contributed by atoms with Crippen LogP contribution in [0.25, 0.3) is 0 Å². The van der Waals surface area contributed by atoms with Crippen LogP contribution >= 0.6 is 0 Å². The Morgan fingerprint density at radius 1 is 1.24 bits per heavy atom. The van der Waals surface area contributed by atoms with E-state index in [2.05, 4.69) is 5.32 Å². The molecule has 0 bridgehead atoms. The molecule has 112 valence electrons. The number of carboxylic acid groups (broad SMARTS) is 1. The van der Waals surface area contributed by atoms with Crippen LogP contribution in [0.3, 0.4) is 0 Å². The number of carbonyl (C=O) groups excluding carboxylic acids is 2. The number of hydrogen-bond acceptors (Lipinski definition) is 3. The van der Waals surface area contributed by atoms with Crippen molar-refractivity contribution in [3.8, 4) is 0 Å². The summed E-state index contributed by atoms with van der Waals surface area (Å²) in [6, 6.07) is 6.27. The number of Topliss-reactive ketones (excluding diaryl/α,β-unsaturated/α-hetero) is 1. The summed E-state index contributed by atoms with van der Waals surface area (Å²) in [5.41, 5.74) is 0.275. The SMILES string of the molecule is CC(=O)c1ccc(NC(=O)N2CCC(C)(C(=O)O)C2)cc1. The molecule has 21 heavy (non-hydrogen) atoms. The van der Waals surface area contributed by atoms with Gasteiger partial charge in [-0.05, 0) is 44.5 Å². The second-order valence-corrected chi connectivity index (χ2v) is 5.60. The minimum Gasteiger partial charge on any atom is -0.481 e. The Balaban J connectivity index is 1.99. The Morgan fingerprint density at radius 3 is 2.33 bits per heavy atom. The third-order valence-electron chi connectivity index (χ3n) is 3.82. The number of urea groups is 1. The zero-order valence-electron chi connectivity index (χ0n) is 12.0. The molecule has 6 heteroatoms. The number of likely N-dealkylation sites (tertiary alicyclic amines) is 1. The average molecular weight is 290 g/mol. The van der Waals surface area contributed by atoms with Gasteiger partial charge in [0, 0.05) is 24.3 Å². The minimum atomic E-state index is -0.886.